The Morgan fingerprint density at radius 2 is 1.54 bits per heavy atom. The Balaban J connectivity index is 2.06. The van der Waals surface area contributed by atoms with Gasteiger partial charge in [0.25, 0.3) is 0 Å². The molecule has 0 fully saturated rings. The van der Waals surface area contributed by atoms with Gasteiger partial charge in [-0.25, -0.2) is 13.2 Å². The van der Waals surface area contributed by atoms with E-state index >= 15 is 0 Å². The van der Waals surface area contributed by atoms with Crippen molar-refractivity contribution in [3.05, 3.63) is 100 Å². The van der Waals surface area contributed by atoms with Crippen molar-refractivity contribution in [3.63, 3.8) is 0 Å². The average molecular weight is 376 g/mol. The number of hydrogen-bond donors (Lipinski definition) is 0. The van der Waals surface area contributed by atoms with E-state index in [0.717, 1.165) is 12.1 Å². The van der Waals surface area contributed by atoms with Crippen molar-refractivity contribution in [1.29, 1.82) is 5.26 Å². The van der Waals surface area contributed by atoms with Crippen molar-refractivity contribution in [3.8, 4) is 28.5 Å². The van der Waals surface area contributed by atoms with Crippen molar-refractivity contribution in [2.75, 3.05) is 0 Å². The van der Waals surface area contributed by atoms with Gasteiger partial charge in [-0.05, 0) is 54.1 Å². The smallest absolute Gasteiger partial charge is 0.190 e. The van der Waals surface area contributed by atoms with Crippen LogP contribution in [-0.2, 0) is 0 Å². The summed E-state index contributed by atoms with van der Waals surface area (Å²) in [6.45, 7) is 0. The summed E-state index contributed by atoms with van der Waals surface area (Å²) in [5.41, 5.74) is 0.210. The van der Waals surface area contributed by atoms with E-state index in [0.29, 0.717) is 11.3 Å². The van der Waals surface area contributed by atoms with Crippen molar-refractivity contribution >= 4 is 5.52 Å². The molecular formula is C22H11F3N2O. The molecule has 0 amide bonds. The van der Waals surface area contributed by atoms with Gasteiger partial charge in [-0.3, -0.25) is 4.79 Å². The first-order chi connectivity index (χ1) is 13.5. The fraction of sp³-hybridized carbons (Fsp3) is 0. The second-order valence-electron chi connectivity index (χ2n) is 6.15. The molecule has 0 radical (unpaired) electrons. The molecule has 0 bridgehead atoms. The number of aromatic nitrogens is 1. The second kappa shape index (κ2) is 6.71. The lowest BCUT2D eigenvalue weighted by Crippen LogP contribution is -2.10. The standard InChI is InChI=1S/C22H11F3N2O/c23-15-6-4-14(5-7-15)18-2-1-3-19-22(20(28)8-9-27(18)19)21-16(24)10-13(12-26)11-17(21)25/h1-11H. The van der Waals surface area contributed by atoms with Gasteiger partial charge in [-0.2, -0.15) is 5.26 Å². The van der Waals surface area contributed by atoms with Crippen molar-refractivity contribution < 1.29 is 13.2 Å². The molecule has 6 heteroatoms. The third-order valence-corrected chi connectivity index (χ3v) is 4.47. The van der Waals surface area contributed by atoms with E-state index in [1.165, 1.54) is 24.4 Å². The molecule has 0 saturated carbocycles. The quantitative estimate of drug-likeness (QED) is 0.498. The largest absolute Gasteiger partial charge is 0.316 e. The fourth-order valence-electron chi connectivity index (χ4n) is 3.22. The molecule has 4 aromatic rings. The zero-order chi connectivity index (χ0) is 19.8. The van der Waals surface area contributed by atoms with E-state index in [-0.39, 0.29) is 16.6 Å². The summed E-state index contributed by atoms with van der Waals surface area (Å²) in [4.78, 5) is 12.5. The van der Waals surface area contributed by atoms with Crippen LogP contribution in [0, 0.1) is 28.8 Å². The van der Waals surface area contributed by atoms with E-state index in [2.05, 4.69) is 0 Å². The van der Waals surface area contributed by atoms with E-state index < -0.39 is 28.4 Å². The molecule has 0 aliphatic rings. The number of nitriles is 1. The maximum Gasteiger partial charge on any atom is 0.190 e. The fourth-order valence-corrected chi connectivity index (χ4v) is 3.22. The van der Waals surface area contributed by atoms with Crippen molar-refractivity contribution in [2.45, 2.75) is 0 Å². The molecule has 0 spiro atoms. The number of hydrogen-bond acceptors (Lipinski definition) is 2. The molecule has 0 unspecified atom stereocenters. The molecule has 0 N–H and O–H groups in total. The summed E-state index contributed by atoms with van der Waals surface area (Å²) in [5, 5.41) is 8.88. The maximum absolute atomic E-state index is 14.6. The highest BCUT2D eigenvalue weighted by molar-refractivity contribution is 5.83. The van der Waals surface area contributed by atoms with Crippen LogP contribution in [0.4, 0.5) is 13.2 Å². The highest BCUT2D eigenvalue weighted by Gasteiger charge is 2.19. The average Bonchev–Trinajstić information content (AvgIpc) is 2.69. The SMILES string of the molecule is N#Cc1cc(F)c(-c2c(=O)ccn3c(-c4ccc(F)cc4)cccc23)c(F)c1. The van der Waals surface area contributed by atoms with Crippen molar-refractivity contribution in [2.24, 2.45) is 0 Å². The summed E-state index contributed by atoms with van der Waals surface area (Å²) in [6.07, 6.45) is 1.50. The minimum absolute atomic E-state index is 0.147. The van der Waals surface area contributed by atoms with Crippen LogP contribution in [0.15, 0.2) is 71.7 Å². The van der Waals surface area contributed by atoms with Crippen LogP contribution in [0.1, 0.15) is 5.56 Å². The molecule has 0 saturated heterocycles. The number of fused-ring (bicyclic) bond motifs is 1. The Morgan fingerprint density at radius 3 is 2.18 bits per heavy atom. The van der Waals surface area contributed by atoms with Gasteiger partial charge in [0.2, 0.25) is 0 Å². The van der Waals surface area contributed by atoms with Gasteiger partial charge >= 0.3 is 0 Å². The minimum atomic E-state index is -0.992. The third-order valence-electron chi connectivity index (χ3n) is 4.47. The minimum Gasteiger partial charge on any atom is -0.316 e. The van der Waals surface area contributed by atoms with Crippen LogP contribution >= 0.6 is 0 Å². The van der Waals surface area contributed by atoms with Crippen LogP contribution in [-0.4, -0.2) is 4.40 Å². The van der Waals surface area contributed by atoms with Crippen LogP contribution in [0.5, 0.6) is 0 Å². The molecule has 2 aromatic heterocycles. The monoisotopic (exact) mass is 376 g/mol. The van der Waals surface area contributed by atoms with E-state index in [1.807, 2.05) is 0 Å². The molecule has 4 rings (SSSR count). The number of rotatable bonds is 2. The predicted octanol–water partition coefficient (Wildman–Crippen LogP) is 4.92. The Hall–Kier alpha value is -3.85. The van der Waals surface area contributed by atoms with Crippen LogP contribution in [0.3, 0.4) is 0 Å². The van der Waals surface area contributed by atoms with Gasteiger partial charge < -0.3 is 4.40 Å². The first-order valence-corrected chi connectivity index (χ1v) is 8.29. The Kier molecular flexibility index (Phi) is 4.21. The zero-order valence-electron chi connectivity index (χ0n) is 14.3. The maximum atomic E-state index is 14.6. The molecule has 2 heterocycles. The van der Waals surface area contributed by atoms with Gasteiger partial charge in [0, 0.05) is 12.3 Å². The zero-order valence-corrected chi connectivity index (χ0v) is 14.3. The number of nitrogens with zero attached hydrogens (tertiary/aromatic N) is 2. The lowest BCUT2D eigenvalue weighted by molar-refractivity contribution is 0.588. The number of pyridine rings is 2. The van der Waals surface area contributed by atoms with Gasteiger partial charge in [0.15, 0.2) is 5.43 Å². The number of halogens is 3. The molecule has 28 heavy (non-hydrogen) atoms. The highest BCUT2D eigenvalue weighted by Crippen LogP contribution is 2.30. The molecule has 0 atom stereocenters. The Morgan fingerprint density at radius 1 is 0.857 bits per heavy atom. The summed E-state index contributed by atoms with van der Waals surface area (Å²) < 4.78 is 44.0. The van der Waals surface area contributed by atoms with Gasteiger partial charge in [0.05, 0.1) is 34.0 Å². The molecule has 0 aliphatic carbocycles. The Labute approximate surface area is 157 Å². The molecule has 0 aliphatic heterocycles. The molecule has 136 valence electrons. The second-order valence-corrected chi connectivity index (χ2v) is 6.15. The van der Waals surface area contributed by atoms with E-state index in [1.54, 1.807) is 40.8 Å². The summed E-state index contributed by atoms with van der Waals surface area (Å²) in [5.74, 6) is -2.37. The topological polar surface area (TPSA) is 45.3 Å². The van der Waals surface area contributed by atoms with Crippen LogP contribution in [0.25, 0.3) is 27.9 Å². The number of benzene rings is 2. The van der Waals surface area contributed by atoms with Gasteiger partial charge in [0.1, 0.15) is 17.5 Å². The first-order valence-electron chi connectivity index (χ1n) is 8.29. The lowest BCUT2D eigenvalue weighted by Gasteiger charge is -2.14. The van der Waals surface area contributed by atoms with Crippen LogP contribution < -0.4 is 5.43 Å². The third kappa shape index (κ3) is 2.83. The summed E-state index contributed by atoms with van der Waals surface area (Å²) in [7, 11) is 0. The van der Waals surface area contributed by atoms with E-state index in [9.17, 15) is 18.0 Å². The normalized spacial score (nSPS) is 10.8. The lowest BCUT2D eigenvalue weighted by atomic mass is 10.0. The molecular weight excluding hydrogens is 365 g/mol. The van der Waals surface area contributed by atoms with Crippen molar-refractivity contribution in [1.82, 2.24) is 4.40 Å². The Bertz CT molecular complexity index is 1300. The summed E-state index contributed by atoms with van der Waals surface area (Å²) >= 11 is 0. The van der Waals surface area contributed by atoms with Gasteiger partial charge in [-0.15, -0.1) is 0 Å². The predicted molar refractivity (Wildman–Crippen MR) is 99.1 cm³/mol. The first kappa shape index (κ1) is 17.6. The van der Waals surface area contributed by atoms with Crippen LogP contribution in [0.2, 0.25) is 0 Å². The highest BCUT2D eigenvalue weighted by atomic mass is 19.1. The van der Waals surface area contributed by atoms with Gasteiger partial charge in [-0.1, -0.05) is 6.07 Å². The van der Waals surface area contributed by atoms with E-state index in [4.69, 9.17) is 5.26 Å². The molecule has 2 aromatic carbocycles. The summed E-state index contributed by atoms with van der Waals surface area (Å²) in [6, 6.07) is 15.4. The molecule has 3 nitrogen and oxygen atoms in total.